The van der Waals surface area contributed by atoms with Gasteiger partial charge in [-0.3, -0.25) is 4.79 Å². The predicted molar refractivity (Wildman–Crippen MR) is 110 cm³/mol. The van der Waals surface area contributed by atoms with E-state index in [0.717, 1.165) is 17.7 Å². The average Bonchev–Trinajstić information content (AvgIpc) is 3.53. The van der Waals surface area contributed by atoms with Gasteiger partial charge >= 0.3 is 0 Å². The summed E-state index contributed by atoms with van der Waals surface area (Å²) >= 11 is 0. The average molecular weight is 373 g/mol. The van der Waals surface area contributed by atoms with Crippen LogP contribution >= 0.6 is 0 Å². The number of amides is 1. The molecule has 4 rings (SSSR count). The van der Waals surface area contributed by atoms with Crippen LogP contribution in [-0.2, 0) is 6.54 Å². The number of rotatable bonds is 6. The van der Waals surface area contributed by atoms with Crippen LogP contribution < -0.4 is 16.4 Å². The van der Waals surface area contributed by atoms with Crippen molar-refractivity contribution >= 4 is 11.7 Å². The fraction of sp³-hybridized carbons (Fsp3) is 0.227. The number of carbonyl (C=O) groups excluding carboxylic acids is 1. The highest BCUT2D eigenvalue weighted by atomic mass is 16.1. The van der Waals surface area contributed by atoms with Crippen LogP contribution in [0.3, 0.4) is 0 Å². The Balaban J connectivity index is 1.45. The van der Waals surface area contributed by atoms with Crippen molar-refractivity contribution in [1.29, 1.82) is 0 Å². The molecule has 0 radical (unpaired) electrons. The maximum atomic E-state index is 11.9. The van der Waals surface area contributed by atoms with E-state index in [1.807, 2.05) is 12.1 Å². The van der Waals surface area contributed by atoms with Crippen LogP contribution in [0.15, 0.2) is 60.8 Å². The fourth-order valence-electron chi connectivity index (χ4n) is 3.40. The van der Waals surface area contributed by atoms with Gasteiger partial charge in [0.1, 0.15) is 0 Å². The summed E-state index contributed by atoms with van der Waals surface area (Å²) in [4.78, 5) is 20.4. The van der Waals surface area contributed by atoms with Crippen molar-refractivity contribution in [2.75, 3.05) is 12.8 Å². The molecule has 1 fully saturated rings. The lowest BCUT2D eigenvalue weighted by Gasteiger charge is -2.09. The lowest BCUT2D eigenvalue weighted by Crippen LogP contribution is -2.21. The molecule has 2 aromatic carbocycles. The van der Waals surface area contributed by atoms with E-state index in [2.05, 4.69) is 63.1 Å². The normalized spacial score (nSPS) is 17.9. The molecule has 1 amide bonds. The zero-order valence-corrected chi connectivity index (χ0v) is 15.7. The second-order valence-corrected chi connectivity index (χ2v) is 7.01. The van der Waals surface area contributed by atoms with Crippen molar-refractivity contribution < 1.29 is 4.79 Å². The van der Waals surface area contributed by atoms with Gasteiger partial charge in [0.15, 0.2) is 11.5 Å². The summed E-state index contributed by atoms with van der Waals surface area (Å²) in [5, 5.41) is 6.17. The minimum Gasteiger partial charge on any atom is -0.382 e. The minimum atomic E-state index is -0.342. The van der Waals surface area contributed by atoms with Crippen LogP contribution in [0.1, 0.15) is 34.0 Å². The van der Waals surface area contributed by atoms with E-state index in [9.17, 15) is 4.79 Å². The number of aromatic nitrogens is 2. The molecule has 1 saturated carbocycles. The molecule has 0 saturated heterocycles. The molecule has 1 aliphatic carbocycles. The molecule has 0 unspecified atom stereocenters. The molecule has 0 aliphatic heterocycles. The quantitative estimate of drug-likeness (QED) is 0.618. The van der Waals surface area contributed by atoms with Gasteiger partial charge in [-0.2, -0.15) is 0 Å². The van der Waals surface area contributed by atoms with Gasteiger partial charge in [-0.1, -0.05) is 48.5 Å². The zero-order chi connectivity index (χ0) is 19.5. The molecule has 6 heteroatoms. The van der Waals surface area contributed by atoms with Crippen molar-refractivity contribution in [3.8, 4) is 11.3 Å². The van der Waals surface area contributed by atoms with E-state index in [1.165, 1.54) is 12.0 Å². The Morgan fingerprint density at radius 3 is 2.79 bits per heavy atom. The SMILES string of the molecule is CNC(=O)c1nc(-c2cccc(CN[C@H]3C[C@H]3c3ccccc3)c2)cnc1N. The Kier molecular flexibility index (Phi) is 5.04. The Hall–Kier alpha value is -3.25. The van der Waals surface area contributed by atoms with Crippen LogP contribution in [0, 0.1) is 0 Å². The summed E-state index contributed by atoms with van der Waals surface area (Å²) in [5.74, 6) is 0.384. The van der Waals surface area contributed by atoms with Gasteiger partial charge in [0, 0.05) is 31.1 Å². The number of nitrogens with one attached hydrogen (secondary N) is 2. The fourth-order valence-corrected chi connectivity index (χ4v) is 3.40. The molecule has 6 nitrogen and oxygen atoms in total. The van der Waals surface area contributed by atoms with E-state index in [-0.39, 0.29) is 17.4 Å². The second kappa shape index (κ2) is 7.78. The highest BCUT2D eigenvalue weighted by molar-refractivity contribution is 5.96. The number of carbonyl (C=O) groups is 1. The first-order valence-corrected chi connectivity index (χ1v) is 9.38. The molecule has 142 valence electrons. The van der Waals surface area contributed by atoms with Crippen LogP contribution in [0.4, 0.5) is 5.82 Å². The smallest absolute Gasteiger partial charge is 0.273 e. The number of anilines is 1. The predicted octanol–water partition coefficient (Wildman–Crippen LogP) is 2.73. The van der Waals surface area contributed by atoms with Gasteiger partial charge in [-0.25, -0.2) is 9.97 Å². The topological polar surface area (TPSA) is 92.9 Å². The highest BCUT2D eigenvalue weighted by Gasteiger charge is 2.37. The standard InChI is InChI=1S/C22H23N5O/c1-24-22(28)20-21(23)26-13-19(27-20)16-9-5-6-14(10-16)12-25-18-11-17(18)15-7-3-2-4-8-15/h2-10,13,17-18,25H,11-12H2,1H3,(H2,23,26)(H,24,28)/t17-,18-/m0/s1. The van der Waals surface area contributed by atoms with Crippen molar-refractivity contribution in [1.82, 2.24) is 20.6 Å². The summed E-state index contributed by atoms with van der Waals surface area (Å²) in [6, 6.07) is 19.2. The van der Waals surface area contributed by atoms with Crippen molar-refractivity contribution in [2.45, 2.75) is 24.9 Å². The van der Waals surface area contributed by atoms with Gasteiger partial charge in [-0.05, 0) is 23.6 Å². The van der Waals surface area contributed by atoms with Gasteiger partial charge in [0.25, 0.3) is 5.91 Å². The van der Waals surface area contributed by atoms with Crippen LogP contribution in [-0.4, -0.2) is 29.0 Å². The Morgan fingerprint density at radius 1 is 1.18 bits per heavy atom. The zero-order valence-electron chi connectivity index (χ0n) is 15.7. The molecule has 2 atom stereocenters. The van der Waals surface area contributed by atoms with E-state index < -0.39 is 0 Å². The van der Waals surface area contributed by atoms with Gasteiger partial charge in [0.2, 0.25) is 0 Å². The lowest BCUT2D eigenvalue weighted by atomic mass is 10.1. The summed E-state index contributed by atoms with van der Waals surface area (Å²) in [6.07, 6.45) is 2.77. The van der Waals surface area contributed by atoms with Crippen molar-refractivity contribution in [3.05, 3.63) is 77.6 Å². The summed E-state index contributed by atoms with van der Waals surface area (Å²) in [5.41, 5.74) is 10.0. The van der Waals surface area contributed by atoms with Crippen LogP contribution in [0.2, 0.25) is 0 Å². The molecule has 3 aromatic rings. The molecular weight excluding hydrogens is 350 g/mol. The third-order valence-electron chi connectivity index (χ3n) is 5.05. The number of nitrogens with zero attached hydrogens (tertiary/aromatic N) is 2. The highest BCUT2D eigenvalue weighted by Crippen LogP contribution is 2.40. The number of nitrogen functional groups attached to an aromatic ring is 1. The number of nitrogens with two attached hydrogens (primary N) is 1. The molecule has 1 heterocycles. The Labute approximate surface area is 164 Å². The van der Waals surface area contributed by atoms with E-state index in [0.29, 0.717) is 17.7 Å². The van der Waals surface area contributed by atoms with Crippen molar-refractivity contribution in [2.24, 2.45) is 0 Å². The second-order valence-electron chi connectivity index (χ2n) is 7.01. The maximum absolute atomic E-state index is 11.9. The monoisotopic (exact) mass is 373 g/mol. The van der Waals surface area contributed by atoms with Crippen molar-refractivity contribution in [3.63, 3.8) is 0 Å². The molecule has 1 aromatic heterocycles. The Morgan fingerprint density at radius 2 is 2.00 bits per heavy atom. The third-order valence-corrected chi connectivity index (χ3v) is 5.05. The maximum Gasteiger partial charge on any atom is 0.273 e. The molecule has 0 spiro atoms. The van der Waals surface area contributed by atoms with Gasteiger partial charge in [0.05, 0.1) is 11.9 Å². The molecule has 1 aliphatic rings. The summed E-state index contributed by atoms with van der Waals surface area (Å²) in [6.45, 7) is 0.784. The first kappa shape index (κ1) is 18.1. The lowest BCUT2D eigenvalue weighted by molar-refractivity contribution is 0.0959. The number of hydrogen-bond donors (Lipinski definition) is 3. The summed E-state index contributed by atoms with van der Waals surface area (Å²) < 4.78 is 0. The molecule has 4 N–H and O–H groups in total. The van der Waals surface area contributed by atoms with Gasteiger partial charge < -0.3 is 16.4 Å². The molecule has 0 bridgehead atoms. The van der Waals surface area contributed by atoms with E-state index in [4.69, 9.17) is 5.73 Å². The summed E-state index contributed by atoms with van der Waals surface area (Å²) in [7, 11) is 1.54. The van der Waals surface area contributed by atoms with E-state index in [1.54, 1.807) is 13.2 Å². The van der Waals surface area contributed by atoms with E-state index >= 15 is 0 Å². The molecular formula is C22H23N5O. The Bertz CT molecular complexity index is 989. The van der Waals surface area contributed by atoms with Gasteiger partial charge in [-0.15, -0.1) is 0 Å². The number of hydrogen-bond acceptors (Lipinski definition) is 5. The minimum absolute atomic E-state index is 0.126. The van der Waals surface area contributed by atoms with Crippen LogP contribution in [0.25, 0.3) is 11.3 Å². The third kappa shape index (κ3) is 3.87. The first-order valence-electron chi connectivity index (χ1n) is 9.38. The van der Waals surface area contributed by atoms with Crippen LogP contribution in [0.5, 0.6) is 0 Å². The first-order chi connectivity index (χ1) is 13.7. The largest absolute Gasteiger partial charge is 0.382 e. The number of benzene rings is 2. The molecule has 28 heavy (non-hydrogen) atoms.